The van der Waals surface area contributed by atoms with Crippen molar-refractivity contribution in [3.05, 3.63) is 42.2 Å². The van der Waals surface area contributed by atoms with Gasteiger partial charge in [0.25, 0.3) is 0 Å². The summed E-state index contributed by atoms with van der Waals surface area (Å²) in [6.45, 7) is 4.45. The maximum Gasteiger partial charge on any atom is 0.356 e. The molecule has 1 saturated heterocycles. The van der Waals surface area contributed by atoms with Crippen LogP contribution in [0.4, 0.5) is 0 Å². The number of fused-ring (bicyclic) bond motifs is 1. The van der Waals surface area contributed by atoms with E-state index >= 15 is 0 Å². The molecule has 2 aliphatic rings. The smallest absolute Gasteiger partial charge is 0.356 e. The minimum atomic E-state index is -3.56. The molecule has 3 rings (SSSR count). The fourth-order valence-corrected chi connectivity index (χ4v) is 6.67. The van der Waals surface area contributed by atoms with E-state index in [-0.39, 0.29) is 30.7 Å². The number of carbonyl (C=O) groups excluding carboxylic acids is 3. The Hall–Kier alpha value is -2.35. The Kier molecular flexibility index (Phi) is 9.56. The summed E-state index contributed by atoms with van der Waals surface area (Å²) in [7, 11) is -3.56. The van der Waals surface area contributed by atoms with E-state index in [0.717, 1.165) is 12.8 Å². The minimum Gasteiger partial charge on any atom is -0.461 e. The Morgan fingerprint density at radius 3 is 2.50 bits per heavy atom. The van der Waals surface area contributed by atoms with Crippen molar-refractivity contribution in [3.63, 3.8) is 0 Å². The molecule has 9 nitrogen and oxygen atoms in total. The van der Waals surface area contributed by atoms with Crippen molar-refractivity contribution in [2.45, 2.75) is 51.6 Å². The normalized spacial score (nSPS) is 22.2. The molecule has 2 heterocycles. The molecule has 1 aliphatic heterocycles. The highest BCUT2D eigenvalue weighted by atomic mass is 31.2. The Labute approximate surface area is 200 Å². The third-order valence-electron chi connectivity index (χ3n) is 6.03. The van der Waals surface area contributed by atoms with Gasteiger partial charge < -0.3 is 13.8 Å². The maximum absolute atomic E-state index is 13.4. The van der Waals surface area contributed by atoms with E-state index in [9.17, 15) is 18.9 Å². The highest BCUT2D eigenvalue weighted by Gasteiger charge is 2.56. The molecule has 0 saturated carbocycles. The Bertz CT molecular complexity index is 927. The van der Waals surface area contributed by atoms with Crippen LogP contribution in [0, 0.1) is 11.8 Å². The molecule has 186 valence electrons. The van der Waals surface area contributed by atoms with Crippen LogP contribution >= 0.6 is 7.60 Å². The summed E-state index contributed by atoms with van der Waals surface area (Å²) < 4.78 is 29.5. The average molecular weight is 493 g/mol. The zero-order valence-electron chi connectivity index (χ0n) is 19.8. The van der Waals surface area contributed by atoms with E-state index in [1.807, 2.05) is 0 Å². The second kappa shape index (κ2) is 12.4. The zero-order chi connectivity index (χ0) is 24.6. The van der Waals surface area contributed by atoms with Gasteiger partial charge in [-0.3, -0.25) is 19.1 Å². The van der Waals surface area contributed by atoms with E-state index in [4.69, 9.17) is 13.8 Å². The van der Waals surface area contributed by atoms with Crippen molar-refractivity contribution >= 4 is 25.4 Å². The van der Waals surface area contributed by atoms with Crippen LogP contribution < -0.4 is 0 Å². The molecule has 1 aromatic heterocycles. The lowest BCUT2D eigenvalue weighted by atomic mass is 9.85. The van der Waals surface area contributed by atoms with Crippen molar-refractivity contribution in [2.24, 2.45) is 11.8 Å². The first-order valence-electron chi connectivity index (χ1n) is 11.9. The molecule has 1 fully saturated rings. The lowest BCUT2D eigenvalue weighted by Gasteiger charge is -2.31. The quantitative estimate of drug-likeness (QED) is 0.134. The molecule has 10 heteroatoms. The average Bonchev–Trinajstić information content (AvgIpc) is 3.09. The number of imide groups is 1. The van der Waals surface area contributed by atoms with Gasteiger partial charge in [0.1, 0.15) is 5.69 Å². The number of likely N-dealkylation sites (tertiary alicyclic amines) is 1. The number of unbranched alkanes of at least 4 members (excludes halogenated alkanes) is 3. The molecule has 34 heavy (non-hydrogen) atoms. The molecule has 3 atom stereocenters. The summed E-state index contributed by atoms with van der Waals surface area (Å²) in [6.07, 6.45) is 8.42. The molecule has 0 spiro atoms. The van der Waals surface area contributed by atoms with Crippen LogP contribution in [0.3, 0.4) is 0 Å². The number of aromatic nitrogens is 1. The molecule has 1 aliphatic carbocycles. The summed E-state index contributed by atoms with van der Waals surface area (Å²) in [6, 6.07) is 5.06. The standard InChI is InChI=1S/C24H33N2O7P/c1-3-32-34(30,33-4-2)20-14-11-12-18-21(20)23(28)26(22(18)27)16-9-5-6-10-17-31-24(29)19-13-7-8-15-25-19/h7-8,11,13-15,18,20-21H,3-6,9-10,12,16-17H2,1-2H3/t18-,20+,21-/m0/s1. The van der Waals surface area contributed by atoms with Gasteiger partial charge in [0, 0.05) is 12.7 Å². The lowest BCUT2D eigenvalue weighted by molar-refractivity contribution is -0.140. The van der Waals surface area contributed by atoms with Crippen molar-refractivity contribution < 1.29 is 32.7 Å². The third kappa shape index (κ3) is 6.01. The van der Waals surface area contributed by atoms with Crippen molar-refractivity contribution in [2.75, 3.05) is 26.4 Å². The molecule has 2 amide bonds. The molecule has 0 radical (unpaired) electrons. The number of hydrogen-bond donors (Lipinski definition) is 0. The van der Waals surface area contributed by atoms with E-state index in [1.54, 1.807) is 50.4 Å². The predicted molar refractivity (Wildman–Crippen MR) is 125 cm³/mol. The first-order valence-corrected chi connectivity index (χ1v) is 13.5. The number of pyridine rings is 1. The summed E-state index contributed by atoms with van der Waals surface area (Å²) in [5, 5.41) is 0. The molecule has 0 N–H and O–H groups in total. The fourth-order valence-electron chi connectivity index (χ4n) is 4.47. The van der Waals surface area contributed by atoms with Gasteiger partial charge in [-0.15, -0.1) is 0 Å². The second-order valence-electron chi connectivity index (χ2n) is 8.26. The van der Waals surface area contributed by atoms with Crippen molar-refractivity contribution in [1.29, 1.82) is 0 Å². The largest absolute Gasteiger partial charge is 0.461 e. The Balaban J connectivity index is 1.46. The van der Waals surface area contributed by atoms with Crippen LogP contribution in [0.1, 0.15) is 56.4 Å². The molecule has 0 bridgehead atoms. The third-order valence-corrected chi connectivity index (χ3v) is 8.49. The number of carbonyl (C=O) groups is 3. The summed E-state index contributed by atoms with van der Waals surface area (Å²) in [5.41, 5.74) is -0.470. The number of esters is 1. The van der Waals surface area contributed by atoms with Gasteiger partial charge in [-0.1, -0.05) is 24.6 Å². The van der Waals surface area contributed by atoms with E-state index < -0.39 is 31.1 Å². The van der Waals surface area contributed by atoms with Gasteiger partial charge in [-0.2, -0.15) is 0 Å². The zero-order valence-corrected chi connectivity index (χ0v) is 20.7. The molecular weight excluding hydrogens is 459 g/mol. The SMILES string of the molecule is CCOP(=O)(OCC)[C@@H]1C=CC[C@@H]2C(=O)N(CCCCCCOC(=O)c3ccccn3)C(=O)[C@@H]21. The van der Waals surface area contributed by atoms with E-state index in [2.05, 4.69) is 4.98 Å². The predicted octanol–water partition coefficient (Wildman–Crippen LogP) is 3.99. The van der Waals surface area contributed by atoms with Gasteiger partial charge in [-0.25, -0.2) is 9.78 Å². The van der Waals surface area contributed by atoms with Crippen LogP contribution in [0.2, 0.25) is 0 Å². The minimum absolute atomic E-state index is 0.196. The first-order chi connectivity index (χ1) is 16.4. The molecule has 0 unspecified atom stereocenters. The topological polar surface area (TPSA) is 112 Å². The van der Waals surface area contributed by atoms with Crippen LogP contribution in [-0.4, -0.2) is 59.7 Å². The van der Waals surface area contributed by atoms with Crippen LogP contribution in [-0.2, 0) is 27.9 Å². The number of amides is 2. The lowest BCUT2D eigenvalue weighted by Crippen LogP contribution is -2.35. The molecule has 0 aromatic carbocycles. The first kappa shape index (κ1) is 26.3. The van der Waals surface area contributed by atoms with Gasteiger partial charge >= 0.3 is 13.6 Å². The number of nitrogens with zero attached hydrogens (tertiary/aromatic N) is 2. The second-order valence-corrected chi connectivity index (χ2v) is 10.4. The number of rotatable bonds is 13. The van der Waals surface area contributed by atoms with Gasteiger partial charge in [-0.05, 0) is 51.7 Å². The van der Waals surface area contributed by atoms with Gasteiger partial charge in [0.05, 0.1) is 37.3 Å². The Morgan fingerprint density at radius 1 is 1.09 bits per heavy atom. The van der Waals surface area contributed by atoms with Gasteiger partial charge in [0.2, 0.25) is 11.8 Å². The Morgan fingerprint density at radius 2 is 1.82 bits per heavy atom. The monoisotopic (exact) mass is 492 g/mol. The molecular formula is C24H33N2O7P. The highest BCUT2D eigenvalue weighted by molar-refractivity contribution is 7.55. The van der Waals surface area contributed by atoms with Crippen LogP contribution in [0.25, 0.3) is 0 Å². The van der Waals surface area contributed by atoms with Crippen LogP contribution in [0.5, 0.6) is 0 Å². The summed E-state index contributed by atoms with van der Waals surface area (Å²) in [4.78, 5) is 43.3. The van der Waals surface area contributed by atoms with E-state index in [1.165, 1.54) is 4.90 Å². The van der Waals surface area contributed by atoms with Gasteiger partial charge in [0.15, 0.2) is 0 Å². The number of hydrogen-bond acceptors (Lipinski definition) is 8. The van der Waals surface area contributed by atoms with Crippen LogP contribution in [0.15, 0.2) is 36.5 Å². The number of ether oxygens (including phenoxy) is 1. The maximum atomic E-state index is 13.4. The van der Waals surface area contributed by atoms with Crippen molar-refractivity contribution in [3.8, 4) is 0 Å². The fraction of sp³-hybridized carbons (Fsp3) is 0.583. The highest BCUT2D eigenvalue weighted by Crippen LogP contribution is 2.59. The number of allylic oxidation sites excluding steroid dienone is 2. The van der Waals surface area contributed by atoms with Crippen molar-refractivity contribution in [1.82, 2.24) is 9.88 Å². The van der Waals surface area contributed by atoms with E-state index in [0.29, 0.717) is 32.4 Å². The summed E-state index contributed by atoms with van der Waals surface area (Å²) >= 11 is 0. The summed E-state index contributed by atoms with van der Waals surface area (Å²) in [5.74, 6) is -2.20. The molecule has 1 aromatic rings.